The first-order valence-electron chi connectivity index (χ1n) is 3.58. The Bertz CT molecular complexity index is 304. The summed E-state index contributed by atoms with van der Waals surface area (Å²) in [6.07, 6.45) is 0. The van der Waals surface area contributed by atoms with Crippen molar-refractivity contribution in [3.05, 3.63) is 35.9 Å². The zero-order valence-electron chi connectivity index (χ0n) is 6.78. The molecule has 1 aromatic rings. The van der Waals surface area contributed by atoms with Crippen LogP contribution in [0.25, 0.3) is 0 Å². The predicted molar refractivity (Wildman–Crippen MR) is 48.2 cm³/mol. The Balaban J connectivity index is 3.05. The molecule has 0 unspecified atom stereocenters. The van der Waals surface area contributed by atoms with Gasteiger partial charge in [0.2, 0.25) is 0 Å². The van der Waals surface area contributed by atoms with E-state index in [0.717, 1.165) is 5.56 Å². The van der Waals surface area contributed by atoms with Gasteiger partial charge in [0, 0.05) is 5.56 Å². The van der Waals surface area contributed by atoms with Crippen molar-refractivity contribution in [3.8, 4) is 0 Å². The maximum absolute atomic E-state index is 8.60. The molecule has 12 heavy (non-hydrogen) atoms. The van der Waals surface area contributed by atoms with Crippen LogP contribution in [0.15, 0.2) is 35.5 Å². The first kappa shape index (κ1) is 8.46. The maximum atomic E-state index is 8.60. The second kappa shape index (κ2) is 3.67. The summed E-state index contributed by atoms with van der Waals surface area (Å²) >= 11 is 0. The molecule has 0 aliphatic heterocycles. The number of oxime groups is 1. The van der Waals surface area contributed by atoms with Gasteiger partial charge in [0.05, 0.1) is 5.71 Å². The summed E-state index contributed by atoms with van der Waals surface area (Å²) in [5.41, 5.74) is 1.33. The highest BCUT2D eigenvalue weighted by molar-refractivity contribution is 6.46. The molecule has 1 aromatic carbocycles. The molecule has 0 amide bonds. The maximum Gasteiger partial charge on any atom is 0.130 e. The van der Waals surface area contributed by atoms with Crippen LogP contribution in [0, 0.1) is 5.41 Å². The summed E-state index contributed by atoms with van der Waals surface area (Å²) in [5, 5.41) is 18.9. The van der Waals surface area contributed by atoms with Gasteiger partial charge in [0.25, 0.3) is 0 Å². The summed E-state index contributed by atoms with van der Waals surface area (Å²) in [4.78, 5) is 0. The van der Waals surface area contributed by atoms with Crippen LogP contribution in [0.2, 0.25) is 0 Å². The van der Waals surface area contributed by atoms with E-state index in [1.807, 2.05) is 18.2 Å². The molecule has 0 radical (unpaired) electrons. The van der Waals surface area contributed by atoms with Crippen LogP contribution in [-0.4, -0.2) is 16.6 Å². The summed E-state index contributed by atoms with van der Waals surface area (Å²) in [7, 11) is 0. The van der Waals surface area contributed by atoms with Crippen molar-refractivity contribution in [2.24, 2.45) is 5.16 Å². The molecule has 0 heterocycles. The third-order valence-electron chi connectivity index (χ3n) is 1.50. The van der Waals surface area contributed by atoms with Crippen molar-refractivity contribution in [1.29, 1.82) is 5.41 Å². The highest BCUT2D eigenvalue weighted by Gasteiger charge is 2.04. The molecule has 0 aromatic heterocycles. The van der Waals surface area contributed by atoms with E-state index in [-0.39, 0.29) is 5.71 Å². The fourth-order valence-electron chi connectivity index (χ4n) is 0.945. The smallest absolute Gasteiger partial charge is 0.130 e. The van der Waals surface area contributed by atoms with E-state index in [0.29, 0.717) is 5.71 Å². The zero-order valence-corrected chi connectivity index (χ0v) is 6.78. The summed E-state index contributed by atoms with van der Waals surface area (Å²) in [5.74, 6) is 0. The van der Waals surface area contributed by atoms with Crippen LogP contribution in [0.5, 0.6) is 0 Å². The van der Waals surface area contributed by atoms with Gasteiger partial charge in [-0.25, -0.2) is 0 Å². The lowest BCUT2D eigenvalue weighted by Gasteiger charge is -2.00. The quantitative estimate of drug-likeness (QED) is 0.389. The van der Waals surface area contributed by atoms with Gasteiger partial charge >= 0.3 is 0 Å². The molecule has 0 fully saturated rings. The molecule has 0 aliphatic carbocycles. The van der Waals surface area contributed by atoms with Gasteiger partial charge in [-0.1, -0.05) is 35.5 Å². The van der Waals surface area contributed by atoms with Gasteiger partial charge in [0.15, 0.2) is 0 Å². The highest BCUT2D eigenvalue weighted by atomic mass is 16.4. The molecule has 0 bridgehead atoms. The van der Waals surface area contributed by atoms with Crippen LogP contribution in [0.1, 0.15) is 12.5 Å². The molecule has 0 saturated carbocycles. The molecule has 1 rings (SSSR count). The Morgan fingerprint density at radius 1 is 1.33 bits per heavy atom. The predicted octanol–water partition coefficient (Wildman–Crippen LogP) is 1.90. The van der Waals surface area contributed by atoms with Crippen molar-refractivity contribution >= 4 is 11.4 Å². The molecule has 3 nitrogen and oxygen atoms in total. The van der Waals surface area contributed by atoms with Crippen LogP contribution in [0.4, 0.5) is 0 Å². The molecule has 0 spiro atoms. The number of hydrogen-bond donors (Lipinski definition) is 2. The van der Waals surface area contributed by atoms with Gasteiger partial charge < -0.3 is 10.6 Å². The molecular weight excluding hydrogens is 152 g/mol. The van der Waals surface area contributed by atoms with E-state index in [1.54, 1.807) is 19.1 Å². The van der Waals surface area contributed by atoms with E-state index in [1.165, 1.54) is 0 Å². The van der Waals surface area contributed by atoms with E-state index >= 15 is 0 Å². The lowest BCUT2D eigenvalue weighted by atomic mass is 10.1. The van der Waals surface area contributed by atoms with Crippen LogP contribution < -0.4 is 0 Å². The van der Waals surface area contributed by atoms with Crippen LogP contribution in [0.3, 0.4) is 0 Å². The first-order valence-corrected chi connectivity index (χ1v) is 3.58. The SMILES string of the molecule is CC(=N)C(=NO)c1ccccc1. The first-order chi connectivity index (χ1) is 5.75. The summed E-state index contributed by atoms with van der Waals surface area (Å²) in [6.45, 7) is 1.59. The summed E-state index contributed by atoms with van der Waals surface area (Å²) < 4.78 is 0. The minimum atomic E-state index is 0.253. The van der Waals surface area contributed by atoms with E-state index in [4.69, 9.17) is 10.6 Å². The third-order valence-corrected chi connectivity index (χ3v) is 1.50. The number of benzene rings is 1. The van der Waals surface area contributed by atoms with Gasteiger partial charge in [-0.05, 0) is 6.92 Å². The molecular formula is C9H10N2O. The Morgan fingerprint density at radius 3 is 2.33 bits per heavy atom. The fourth-order valence-corrected chi connectivity index (χ4v) is 0.945. The minimum absolute atomic E-state index is 0.253. The molecule has 0 saturated heterocycles. The molecule has 2 N–H and O–H groups in total. The summed E-state index contributed by atoms with van der Waals surface area (Å²) in [6, 6.07) is 9.14. The van der Waals surface area contributed by atoms with Crippen molar-refractivity contribution in [1.82, 2.24) is 0 Å². The number of rotatable bonds is 2. The number of hydrogen-bond acceptors (Lipinski definition) is 3. The van der Waals surface area contributed by atoms with Crippen molar-refractivity contribution in [2.45, 2.75) is 6.92 Å². The average molecular weight is 162 g/mol. The lowest BCUT2D eigenvalue weighted by molar-refractivity contribution is 0.320. The monoisotopic (exact) mass is 162 g/mol. The molecule has 0 atom stereocenters. The number of nitrogens with one attached hydrogen (secondary N) is 1. The Hall–Kier alpha value is -1.64. The van der Waals surface area contributed by atoms with Gasteiger partial charge in [-0.2, -0.15) is 0 Å². The minimum Gasteiger partial charge on any atom is -0.410 e. The van der Waals surface area contributed by atoms with Gasteiger partial charge in [0.1, 0.15) is 5.71 Å². The standard InChI is InChI=1S/C9H10N2O/c1-7(10)9(11-12)8-5-3-2-4-6-8/h2-6,10,12H,1H3. The van der Waals surface area contributed by atoms with E-state index in [9.17, 15) is 0 Å². The second-order valence-electron chi connectivity index (χ2n) is 2.44. The third kappa shape index (κ3) is 1.69. The van der Waals surface area contributed by atoms with Crippen LogP contribution in [-0.2, 0) is 0 Å². The Labute approximate surface area is 70.9 Å². The molecule has 0 aliphatic rings. The number of nitrogens with zero attached hydrogens (tertiary/aromatic N) is 1. The molecule has 62 valence electrons. The fraction of sp³-hybridized carbons (Fsp3) is 0.111. The lowest BCUT2D eigenvalue weighted by Crippen LogP contribution is -2.10. The van der Waals surface area contributed by atoms with E-state index < -0.39 is 0 Å². The van der Waals surface area contributed by atoms with Crippen LogP contribution >= 0.6 is 0 Å². The largest absolute Gasteiger partial charge is 0.410 e. The molecule has 3 heteroatoms. The average Bonchev–Trinajstić information content (AvgIpc) is 2.07. The Morgan fingerprint density at radius 2 is 1.92 bits per heavy atom. The second-order valence-corrected chi connectivity index (χ2v) is 2.44. The normalized spacial score (nSPS) is 11.2. The topological polar surface area (TPSA) is 56.4 Å². The van der Waals surface area contributed by atoms with Crippen molar-refractivity contribution in [3.63, 3.8) is 0 Å². The highest BCUT2D eigenvalue weighted by Crippen LogP contribution is 2.01. The zero-order chi connectivity index (χ0) is 8.97. The van der Waals surface area contributed by atoms with Crippen molar-refractivity contribution in [2.75, 3.05) is 0 Å². The van der Waals surface area contributed by atoms with Crippen molar-refractivity contribution < 1.29 is 5.21 Å². The van der Waals surface area contributed by atoms with Gasteiger partial charge in [-0.3, -0.25) is 0 Å². The Kier molecular flexibility index (Phi) is 2.58. The van der Waals surface area contributed by atoms with Gasteiger partial charge in [-0.15, -0.1) is 0 Å². The van der Waals surface area contributed by atoms with E-state index in [2.05, 4.69) is 5.16 Å².